The molecule has 158 valence electrons. The number of allylic oxidation sites excluding steroid dienone is 4. The van der Waals surface area contributed by atoms with E-state index in [1.807, 2.05) is 6.08 Å². The highest BCUT2D eigenvalue weighted by Gasteiger charge is 2.21. The Labute approximate surface area is 175 Å². The van der Waals surface area contributed by atoms with Gasteiger partial charge in [0.2, 0.25) is 6.20 Å². The zero-order chi connectivity index (χ0) is 21.5. The van der Waals surface area contributed by atoms with Gasteiger partial charge in [0.1, 0.15) is 0 Å². The quantitative estimate of drug-likeness (QED) is 0.0824. The average Bonchev–Trinajstić information content (AvgIpc) is 2.71. The van der Waals surface area contributed by atoms with Gasteiger partial charge in [0.15, 0.2) is 0 Å². The molecule has 0 unspecified atom stereocenters. The van der Waals surface area contributed by atoms with Crippen molar-refractivity contribution in [3.8, 4) is 0 Å². The van der Waals surface area contributed by atoms with Crippen molar-refractivity contribution in [2.24, 2.45) is 0 Å². The number of unbranched alkanes of at least 4 members (excludes halogenated alkanes) is 2. The zero-order valence-corrected chi connectivity index (χ0v) is 18.8. The van der Waals surface area contributed by atoms with Crippen molar-refractivity contribution in [2.45, 2.75) is 57.7 Å². The molecular weight excluding hydrogens is 382 g/mol. The second-order valence-electron chi connectivity index (χ2n) is 7.70. The molecule has 0 saturated heterocycles. The first-order chi connectivity index (χ1) is 13.8. The van der Waals surface area contributed by atoms with E-state index in [9.17, 15) is 14.9 Å². The minimum Gasteiger partial charge on any atom is -0.466 e. The van der Waals surface area contributed by atoms with E-state index in [2.05, 4.69) is 54.2 Å². The second-order valence-corrected chi connectivity index (χ2v) is 12.4. The van der Waals surface area contributed by atoms with E-state index in [0.717, 1.165) is 50.8 Å². The fourth-order valence-corrected chi connectivity index (χ4v) is 5.16. The highest BCUT2D eigenvalue weighted by atomic mass is 28.3. The predicted molar refractivity (Wildman–Crippen MR) is 121 cm³/mol. The van der Waals surface area contributed by atoms with Gasteiger partial charge in [-0.2, -0.15) is 0 Å². The molecule has 0 fully saturated rings. The van der Waals surface area contributed by atoms with Gasteiger partial charge in [-0.05, 0) is 50.6 Å². The molecule has 29 heavy (non-hydrogen) atoms. The number of hydrogen-bond acceptors (Lipinski definition) is 4. The van der Waals surface area contributed by atoms with Crippen molar-refractivity contribution >= 4 is 19.2 Å². The molecule has 6 heteroatoms. The van der Waals surface area contributed by atoms with Crippen LogP contribution in [0.5, 0.6) is 0 Å². The number of hydrogen-bond donors (Lipinski definition) is 0. The number of methoxy groups -OCH3 is 1. The predicted octanol–water partition coefficient (Wildman–Crippen LogP) is 5.39. The first-order valence-corrected chi connectivity index (χ1v) is 13.3. The van der Waals surface area contributed by atoms with E-state index < -0.39 is 13.0 Å². The molecule has 0 bridgehead atoms. The Morgan fingerprint density at radius 3 is 2.48 bits per heavy atom. The fourth-order valence-electron chi connectivity index (χ4n) is 3.03. The Balaban J connectivity index is 2.67. The molecule has 0 saturated carbocycles. The van der Waals surface area contributed by atoms with Crippen molar-refractivity contribution in [2.75, 3.05) is 7.11 Å². The average molecular weight is 416 g/mol. The molecule has 1 aromatic rings. The van der Waals surface area contributed by atoms with E-state index in [1.54, 1.807) is 6.08 Å². The van der Waals surface area contributed by atoms with Gasteiger partial charge < -0.3 is 4.74 Å². The first-order valence-electron chi connectivity index (χ1n) is 10.1. The molecular formula is C23H33NO4Si. The Morgan fingerprint density at radius 2 is 1.83 bits per heavy atom. The van der Waals surface area contributed by atoms with E-state index in [0.29, 0.717) is 0 Å². The number of rotatable bonds is 13. The van der Waals surface area contributed by atoms with Gasteiger partial charge in [0.05, 0.1) is 20.1 Å². The lowest BCUT2D eigenvalue weighted by atomic mass is 10.0. The molecule has 0 aromatic heterocycles. The number of nitrogens with zero attached hydrogens (tertiary/aromatic N) is 1. The lowest BCUT2D eigenvalue weighted by Crippen LogP contribution is -2.40. The maximum absolute atomic E-state index is 11.2. The van der Waals surface area contributed by atoms with Crippen molar-refractivity contribution in [3.63, 3.8) is 0 Å². The monoisotopic (exact) mass is 415 g/mol. The Morgan fingerprint density at radius 1 is 1.10 bits per heavy atom. The molecule has 0 heterocycles. The van der Waals surface area contributed by atoms with Crippen LogP contribution in [0.2, 0.25) is 19.1 Å². The van der Waals surface area contributed by atoms with Crippen LogP contribution in [-0.2, 0) is 9.53 Å². The second kappa shape index (κ2) is 13.7. The molecule has 0 radical (unpaired) electrons. The normalized spacial score (nSPS) is 12.6. The summed E-state index contributed by atoms with van der Waals surface area (Å²) in [6.07, 6.45) is 13.7. The maximum Gasteiger partial charge on any atom is 0.330 e. The summed E-state index contributed by atoms with van der Waals surface area (Å²) in [5, 5.41) is 11.8. The summed E-state index contributed by atoms with van der Waals surface area (Å²) in [5.74, 6) is -0.328. The number of carbonyl (C=O) groups excluding carboxylic acids is 1. The summed E-state index contributed by atoms with van der Waals surface area (Å²) < 4.78 is 4.63. The highest BCUT2D eigenvalue weighted by molar-refractivity contribution is 6.90. The van der Waals surface area contributed by atoms with Crippen molar-refractivity contribution in [3.05, 3.63) is 76.5 Å². The minimum absolute atomic E-state index is 0.328. The molecule has 0 N–H and O–H groups in total. The van der Waals surface area contributed by atoms with Crippen LogP contribution in [0.15, 0.2) is 66.4 Å². The standard InChI is InChI=1S/C23H33NO4Si/c1-28-23(25)17-11-10-14-21(13-7-4-5-12-19-24(26)27)18-20-29(2,3)22-15-8-6-9-16-22/h6,8-9,11-12,15-19H,4-5,7,10,13-14,20H2,1-3H3/b17-11+,19-12+,21-18-. The summed E-state index contributed by atoms with van der Waals surface area (Å²) in [7, 11) is -0.164. The summed E-state index contributed by atoms with van der Waals surface area (Å²) >= 11 is 0. The number of benzene rings is 1. The van der Waals surface area contributed by atoms with Gasteiger partial charge in [-0.25, -0.2) is 4.79 Å². The molecule has 0 amide bonds. The van der Waals surface area contributed by atoms with Gasteiger partial charge in [0.25, 0.3) is 0 Å². The number of carbonyl (C=O) groups is 1. The van der Waals surface area contributed by atoms with Crippen LogP contribution in [0.4, 0.5) is 0 Å². The summed E-state index contributed by atoms with van der Waals surface area (Å²) in [6, 6.07) is 11.8. The van der Waals surface area contributed by atoms with Crippen LogP contribution < -0.4 is 5.19 Å². The topological polar surface area (TPSA) is 69.4 Å². The van der Waals surface area contributed by atoms with Gasteiger partial charge in [-0.1, -0.05) is 66.3 Å². The number of ether oxygens (including phenoxy) is 1. The zero-order valence-electron chi connectivity index (χ0n) is 17.8. The van der Waals surface area contributed by atoms with Crippen molar-refractivity contribution in [1.29, 1.82) is 0 Å². The van der Waals surface area contributed by atoms with E-state index in [-0.39, 0.29) is 5.97 Å². The van der Waals surface area contributed by atoms with Gasteiger partial charge in [-0.15, -0.1) is 0 Å². The first kappa shape index (κ1) is 24.6. The van der Waals surface area contributed by atoms with E-state index >= 15 is 0 Å². The maximum atomic E-state index is 11.2. The molecule has 0 aliphatic carbocycles. The van der Waals surface area contributed by atoms with Crippen molar-refractivity contribution < 1.29 is 14.5 Å². The minimum atomic E-state index is -1.54. The molecule has 5 nitrogen and oxygen atoms in total. The molecule has 0 atom stereocenters. The third-order valence-corrected chi connectivity index (χ3v) is 8.01. The molecule has 1 rings (SSSR count). The van der Waals surface area contributed by atoms with Gasteiger partial charge in [-0.3, -0.25) is 10.1 Å². The van der Waals surface area contributed by atoms with Crippen LogP contribution >= 0.6 is 0 Å². The summed E-state index contributed by atoms with van der Waals surface area (Å²) in [6.45, 7) is 4.77. The summed E-state index contributed by atoms with van der Waals surface area (Å²) in [5.41, 5.74) is 1.40. The number of esters is 1. The fraction of sp³-hybridized carbons (Fsp3) is 0.435. The van der Waals surface area contributed by atoms with Crippen LogP contribution in [0.25, 0.3) is 0 Å². The van der Waals surface area contributed by atoms with Crippen molar-refractivity contribution in [1.82, 2.24) is 0 Å². The van der Waals surface area contributed by atoms with Crippen LogP contribution in [0, 0.1) is 10.1 Å². The molecule has 0 spiro atoms. The van der Waals surface area contributed by atoms with Crippen LogP contribution in [0.3, 0.4) is 0 Å². The molecule has 0 aliphatic rings. The van der Waals surface area contributed by atoms with Crippen LogP contribution in [0.1, 0.15) is 38.5 Å². The van der Waals surface area contributed by atoms with Crippen LogP contribution in [-0.4, -0.2) is 26.1 Å². The lowest BCUT2D eigenvalue weighted by Gasteiger charge is -2.22. The highest BCUT2D eigenvalue weighted by Crippen LogP contribution is 2.20. The largest absolute Gasteiger partial charge is 0.466 e. The summed E-state index contributed by atoms with van der Waals surface area (Å²) in [4.78, 5) is 21.1. The lowest BCUT2D eigenvalue weighted by molar-refractivity contribution is -0.402. The van der Waals surface area contributed by atoms with Gasteiger partial charge in [0, 0.05) is 6.08 Å². The SMILES string of the molecule is COC(=O)/C=C/CC/C(=C\C[Si](C)(C)c1ccccc1)CCCC/C=C/[N+](=O)[O-]. The molecule has 0 aliphatic heterocycles. The van der Waals surface area contributed by atoms with E-state index in [4.69, 9.17) is 0 Å². The smallest absolute Gasteiger partial charge is 0.330 e. The molecule has 1 aromatic carbocycles. The third-order valence-electron chi connectivity index (χ3n) is 4.89. The Bertz CT molecular complexity index is 724. The van der Waals surface area contributed by atoms with Gasteiger partial charge >= 0.3 is 5.97 Å². The Hall–Kier alpha value is -2.47. The van der Waals surface area contributed by atoms with E-state index in [1.165, 1.54) is 23.9 Å². The Kier molecular flexibility index (Phi) is 11.6. The third kappa shape index (κ3) is 11.2. The number of nitro groups is 1.